The van der Waals surface area contributed by atoms with Gasteiger partial charge in [-0.25, -0.2) is 0 Å². The predicted octanol–water partition coefficient (Wildman–Crippen LogP) is 21.7. The SMILES string of the molecule is CCCCC/C=C\C/C=C\CCCCCCCC(=O)OCC(COC(=O)CCCCCCCCCCCC/C=C\C/C=C\C/C=C\CCCCCCC)OC(=O)CCCCCCC/C=C\CCCCCCCCC. The minimum absolute atomic E-state index is 0.0842. The van der Waals surface area contributed by atoms with Gasteiger partial charge in [-0.05, 0) is 116 Å². The Morgan fingerprint density at radius 2 is 0.486 bits per heavy atom. The van der Waals surface area contributed by atoms with Crippen LogP contribution in [0.15, 0.2) is 72.9 Å². The number of carbonyl (C=O) groups excluding carboxylic acids is 3. The summed E-state index contributed by atoms with van der Waals surface area (Å²) in [4.78, 5) is 38.3. The van der Waals surface area contributed by atoms with Gasteiger partial charge in [-0.1, -0.05) is 261 Å². The minimum atomic E-state index is -0.788. The van der Waals surface area contributed by atoms with Crippen molar-refractivity contribution in [1.29, 1.82) is 0 Å². The summed E-state index contributed by atoms with van der Waals surface area (Å²) in [7, 11) is 0. The Bertz CT molecular complexity index is 1370. The zero-order valence-corrected chi connectivity index (χ0v) is 49.1. The maximum absolute atomic E-state index is 12.9. The van der Waals surface area contributed by atoms with Crippen LogP contribution in [0, 0.1) is 0 Å². The third kappa shape index (κ3) is 59.7. The first-order valence-corrected chi connectivity index (χ1v) is 31.9. The molecule has 0 aliphatic carbocycles. The van der Waals surface area contributed by atoms with E-state index in [1.54, 1.807) is 0 Å². The van der Waals surface area contributed by atoms with Crippen LogP contribution >= 0.6 is 0 Å². The highest BCUT2D eigenvalue weighted by atomic mass is 16.6. The van der Waals surface area contributed by atoms with Crippen molar-refractivity contribution in [2.75, 3.05) is 13.2 Å². The molecule has 0 aromatic heterocycles. The van der Waals surface area contributed by atoms with Gasteiger partial charge in [-0.15, -0.1) is 0 Å². The standard InChI is InChI=1S/C68H120O6/c1-4-7-10-13-16-19-22-25-28-30-31-32-33-34-35-36-37-38-41-43-46-49-52-55-58-61-67(70)73-64-65(63-72-66(69)60-57-54-51-48-45-42-39-27-24-21-18-15-12-9-6-3)74-68(71)62-59-56-53-50-47-44-40-29-26-23-20-17-14-11-8-5-2/h18,21-22,25,27,29-31,33-34,39-40,65H,4-17,19-20,23-24,26,28,32,35-38,41-64H2,1-3H3/b21-18-,25-22-,31-30-,34-33-,39-27-,40-29-. The Morgan fingerprint density at radius 3 is 0.797 bits per heavy atom. The number of carbonyl (C=O) groups is 3. The molecule has 0 radical (unpaired) electrons. The van der Waals surface area contributed by atoms with Crippen LogP contribution in [-0.2, 0) is 28.6 Å². The van der Waals surface area contributed by atoms with Crippen molar-refractivity contribution in [3.05, 3.63) is 72.9 Å². The molecule has 0 saturated heterocycles. The van der Waals surface area contributed by atoms with Crippen molar-refractivity contribution in [3.63, 3.8) is 0 Å². The summed E-state index contributed by atoms with van der Waals surface area (Å²) < 4.78 is 16.9. The second-order valence-electron chi connectivity index (χ2n) is 21.3. The molecule has 0 heterocycles. The molecule has 428 valence electrons. The van der Waals surface area contributed by atoms with E-state index in [1.165, 1.54) is 180 Å². The number of hydrogen-bond donors (Lipinski definition) is 0. The smallest absolute Gasteiger partial charge is 0.306 e. The van der Waals surface area contributed by atoms with Crippen LogP contribution in [0.2, 0.25) is 0 Å². The number of ether oxygens (including phenoxy) is 3. The second-order valence-corrected chi connectivity index (χ2v) is 21.3. The monoisotopic (exact) mass is 1030 g/mol. The maximum Gasteiger partial charge on any atom is 0.306 e. The quantitative estimate of drug-likeness (QED) is 0.0261. The number of allylic oxidation sites excluding steroid dienone is 12. The first-order chi connectivity index (χ1) is 36.5. The molecule has 0 N–H and O–H groups in total. The molecule has 1 atom stereocenters. The molecule has 0 fully saturated rings. The highest BCUT2D eigenvalue weighted by molar-refractivity contribution is 5.71. The molecule has 0 aromatic carbocycles. The summed E-state index contributed by atoms with van der Waals surface area (Å²) in [6, 6.07) is 0. The van der Waals surface area contributed by atoms with E-state index in [0.717, 1.165) is 103 Å². The van der Waals surface area contributed by atoms with E-state index in [1.807, 2.05) is 0 Å². The Kier molecular flexibility index (Phi) is 59.7. The molecule has 74 heavy (non-hydrogen) atoms. The molecule has 0 aliphatic rings. The average molecular weight is 1030 g/mol. The third-order valence-electron chi connectivity index (χ3n) is 13.9. The van der Waals surface area contributed by atoms with Gasteiger partial charge < -0.3 is 14.2 Å². The number of esters is 3. The van der Waals surface area contributed by atoms with E-state index in [9.17, 15) is 14.4 Å². The van der Waals surface area contributed by atoms with E-state index in [0.29, 0.717) is 19.3 Å². The fourth-order valence-electron chi connectivity index (χ4n) is 9.06. The summed E-state index contributed by atoms with van der Waals surface area (Å²) in [5.41, 5.74) is 0. The molecule has 0 saturated carbocycles. The van der Waals surface area contributed by atoms with E-state index >= 15 is 0 Å². The second kappa shape index (κ2) is 62.4. The van der Waals surface area contributed by atoms with E-state index in [-0.39, 0.29) is 31.1 Å². The average Bonchev–Trinajstić information content (AvgIpc) is 3.40. The van der Waals surface area contributed by atoms with Gasteiger partial charge in [0.15, 0.2) is 6.10 Å². The third-order valence-corrected chi connectivity index (χ3v) is 13.9. The van der Waals surface area contributed by atoms with Gasteiger partial charge in [0, 0.05) is 19.3 Å². The number of unbranched alkanes of at least 4 members (excludes halogenated alkanes) is 35. The molecule has 0 aromatic rings. The van der Waals surface area contributed by atoms with Crippen LogP contribution in [0.4, 0.5) is 0 Å². The van der Waals surface area contributed by atoms with E-state index in [4.69, 9.17) is 14.2 Å². The van der Waals surface area contributed by atoms with Crippen LogP contribution in [0.5, 0.6) is 0 Å². The zero-order chi connectivity index (χ0) is 53.6. The van der Waals surface area contributed by atoms with Gasteiger partial charge in [0.05, 0.1) is 0 Å². The lowest BCUT2D eigenvalue weighted by Crippen LogP contribution is -2.30. The molecule has 0 spiro atoms. The lowest BCUT2D eigenvalue weighted by atomic mass is 10.1. The van der Waals surface area contributed by atoms with Crippen molar-refractivity contribution in [2.45, 2.75) is 329 Å². The summed E-state index contributed by atoms with van der Waals surface area (Å²) in [6.45, 7) is 6.61. The Hall–Kier alpha value is -3.15. The van der Waals surface area contributed by atoms with Crippen molar-refractivity contribution in [2.24, 2.45) is 0 Å². The van der Waals surface area contributed by atoms with E-state index < -0.39 is 6.10 Å². The lowest BCUT2D eigenvalue weighted by Gasteiger charge is -2.18. The topological polar surface area (TPSA) is 78.9 Å². The fourth-order valence-corrected chi connectivity index (χ4v) is 9.06. The van der Waals surface area contributed by atoms with Crippen LogP contribution in [0.25, 0.3) is 0 Å². The van der Waals surface area contributed by atoms with Crippen LogP contribution < -0.4 is 0 Å². The van der Waals surface area contributed by atoms with Gasteiger partial charge in [-0.3, -0.25) is 14.4 Å². The number of hydrogen-bond acceptors (Lipinski definition) is 6. The molecular weight excluding hydrogens is 913 g/mol. The van der Waals surface area contributed by atoms with Crippen molar-refractivity contribution in [3.8, 4) is 0 Å². The Morgan fingerprint density at radius 1 is 0.270 bits per heavy atom. The van der Waals surface area contributed by atoms with Gasteiger partial charge >= 0.3 is 17.9 Å². The van der Waals surface area contributed by atoms with Crippen LogP contribution in [0.3, 0.4) is 0 Å². The first kappa shape index (κ1) is 70.8. The molecule has 0 rings (SSSR count). The molecule has 6 heteroatoms. The van der Waals surface area contributed by atoms with E-state index in [2.05, 4.69) is 93.7 Å². The molecule has 1 unspecified atom stereocenters. The molecule has 0 amide bonds. The van der Waals surface area contributed by atoms with Crippen LogP contribution in [-0.4, -0.2) is 37.2 Å². The van der Waals surface area contributed by atoms with Crippen molar-refractivity contribution < 1.29 is 28.6 Å². The van der Waals surface area contributed by atoms with Gasteiger partial charge in [0.25, 0.3) is 0 Å². The first-order valence-electron chi connectivity index (χ1n) is 31.9. The largest absolute Gasteiger partial charge is 0.462 e. The Balaban J connectivity index is 4.34. The summed E-state index contributed by atoms with van der Waals surface area (Å²) >= 11 is 0. The number of rotatable bonds is 58. The van der Waals surface area contributed by atoms with Gasteiger partial charge in [0.1, 0.15) is 13.2 Å². The summed E-state index contributed by atoms with van der Waals surface area (Å²) in [5, 5.41) is 0. The zero-order valence-electron chi connectivity index (χ0n) is 49.1. The van der Waals surface area contributed by atoms with Crippen molar-refractivity contribution in [1.82, 2.24) is 0 Å². The van der Waals surface area contributed by atoms with Gasteiger partial charge in [0.2, 0.25) is 0 Å². The van der Waals surface area contributed by atoms with Gasteiger partial charge in [-0.2, -0.15) is 0 Å². The van der Waals surface area contributed by atoms with Crippen molar-refractivity contribution >= 4 is 17.9 Å². The fraction of sp³-hybridized carbons (Fsp3) is 0.779. The maximum atomic E-state index is 12.9. The highest BCUT2D eigenvalue weighted by Gasteiger charge is 2.19. The Labute approximate surface area is 459 Å². The minimum Gasteiger partial charge on any atom is -0.462 e. The van der Waals surface area contributed by atoms with Crippen LogP contribution in [0.1, 0.15) is 323 Å². The predicted molar refractivity (Wildman–Crippen MR) is 321 cm³/mol. The highest BCUT2D eigenvalue weighted by Crippen LogP contribution is 2.16. The molecular formula is C68H120O6. The summed E-state index contributed by atoms with van der Waals surface area (Å²) in [5.74, 6) is -0.897. The molecule has 0 bridgehead atoms. The molecule has 6 nitrogen and oxygen atoms in total. The molecule has 0 aliphatic heterocycles. The lowest BCUT2D eigenvalue weighted by molar-refractivity contribution is -0.167. The summed E-state index contributed by atoms with van der Waals surface area (Å²) in [6.07, 6.45) is 80.4. The normalized spacial score (nSPS) is 12.5.